The van der Waals surface area contributed by atoms with Gasteiger partial charge in [0.2, 0.25) is 0 Å². The number of hydrogen-bond acceptors (Lipinski definition) is 3. The highest BCUT2D eigenvalue weighted by molar-refractivity contribution is 6.02. The van der Waals surface area contributed by atoms with Crippen molar-refractivity contribution in [2.24, 2.45) is 5.73 Å². The van der Waals surface area contributed by atoms with E-state index in [4.69, 9.17) is 10.5 Å². The molecule has 2 aromatic heterocycles. The fraction of sp³-hybridized carbons (Fsp3) is 0.200. The first-order valence-corrected chi connectivity index (χ1v) is 10.4. The summed E-state index contributed by atoms with van der Waals surface area (Å²) < 4.78 is 8.21. The first-order chi connectivity index (χ1) is 15.1. The van der Waals surface area contributed by atoms with Gasteiger partial charge in [-0.2, -0.15) is 0 Å². The maximum atomic E-state index is 12.5. The van der Waals surface area contributed by atoms with E-state index in [0.717, 1.165) is 53.3 Å². The van der Waals surface area contributed by atoms with Gasteiger partial charge in [0.25, 0.3) is 5.91 Å². The van der Waals surface area contributed by atoms with Crippen LogP contribution >= 0.6 is 0 Å². The number of nitrogens with zero attached hydrogens (tertiary/aromatic N) is 2. The summed E-state index contributed by atoms with van der Waals surface area (Å²) in [4.78, 5) is 19.7. The number of aromatic nitrogens is 3. The number of carbonyl (C=O) groups excluding carboxylic acids is 1. The number of carbonyl (C=O) groups is 1. The summed E-state index contributed by atoms with van der Waals surface area (Å²) in [5.41, 5.74) is 11.2. The Bertz CT molecular complexity index is 1180. The number of benzene rings is 2. The van der Waals surface area contributed by atoms with Crippen LogP contribution in [0.25, 0.3) is 11.1 Å². The van der Waals surface area contributed by atoms with Crippen molar-refractivity contribution in [3.05, 3.63) is 89.8 Å². The van der Waals surface area contributed by atoms with Crippen LogP contribution in [0.2, 0.25) is 0 Å². The van der Waals surface area contributed by atoms with Crippen LogP contribution < -0.4 is 10.5 Å². The Labute approximate surface area is 181 Å². The van der Waals surface area contributed by atoms with Crippen LogP contribution in [0, 0.1) is 6.92 Å². The summed E-state index contributed by atoms with van der Waals surface area (Å²) in [6.07, 6.45) is 5.06. The monoisotopic (exact) mass is 414 g/mol. The maximum absolute atomic E-state index is 12.5. The van der Waals surface area contributed by atoms with E-state index in [-0.39, 0.29) is 0 Å². The Balaban J connectivity index is 1.75. The fourth-order valence-corrected chi connectivity index (χ4v) is 4.07. The first kappa shape index (κ1) is 20.5. The number of aromatic amines is 1. The number of H-pyrrole nitrogens is 1. The quantitative estimate of drug-likeness (QED) is 0.431. The number of ether oxygens (including phenoxy) is 1. The molecule has 0 atom stereocenters. The van der Waals surface area contributed by atoms with E-state index >= 15 is 0 Å². The molecule has 4 aromatic rings. The van der Waals surface area contributed by atoms with Gasteiger partial charge in [0.05, 0.1) is 11.9 Å². The smallest absolute Gasteiger partial charge is 0.251 e. The lowest BCUT2D eigenvalue weighted by Crippen LogP contribution is -2.14. The lowest BCUT2D eigenvalue weighted by molar-refractivity contribution is 0.1000. The predicted molar refractivity (Wildman–Crippen MR) is 121 cm³/mol. The van der Waals surface area contributed by atoms with E-state index in [1.807, 2.05) is 67.7 Å². The van der Waals surface area contributed by atoms with Gasteiger partial charge in [0, 0.05) is 41.8 Å². The Morgan fingerprint density at radius 1 is 1.13 bits per heavy atom. The third-order valence-electron chi connectivity index (χ3n) is 5.47. The van der Waals surface area contributed by atoms with Crippen LogP contribution in [0.5, 0.6) is 11.5 Å². The molecule has 158 valence electrons. The standard InChI is InChI=1S/C25H26N4O2/c1-3-22-24(18-8-7-11-21(14-18)31-20-9-5-4-6-10-20)23(25(26)30)17(2)29(22)13-12-19-15-27-16-28-19/h4-11,14-16H,3,12-13H2,1-2H3,(H2,26,30)(H,27,28). The minimum atomic E-state index is -0.420. The van der Waals surface area contributed by atoms with Crippen LogP contribution in [0.1, 0.15) is 34.4 Å². The summed E-state index contributed by atoms with van der Waals surface area (Å²) in [5, 5.41) is 0. The molecule has 0 aliphatic rings. The van der Waals surface area contributed by atoms with Gasteiger partial charge in [0.1, 0.15) is 11.5 Å². The molecular weight excluding hydrogens is 388 g/mol. The third-order valence-corrected chi connectivity index (χ3v) is 5.47. The average Bonchev–Trinajstić information content (AvgIpc) is 3.38. The molecule has 0 unspecified atom stereocenters. The summed E-state index contributed by atoms with van der Waals surface area (Å²) in [5.74, 6) is 1.06. The van der Waals surface area contributed by atoms with Gasteiger partial charge in [-0.15, -0.1) is 0 Å². The molecule has 6 nitrogen and oxygen atoms in total. The molecule has 31 heavy (non-hydrogen) atoms. The zero-order chi connectivity index (χ0) is 21.8. The lowest BCUT2D eigenvalue weighted by Gasteiger charge is -2.12. The first-order valence-electron chi connectivity index (χ1n) is 10.4. The molecule has 0 aliphatic carbocycles. The molecule has 0 bridgehead atoms. The highest BCUT2D eigenvalue weighted by Gasteiger charge is 2.24. The topological polar surface area (TPSA) is 85.9 Å². The largest absolute Gasteiger partial charge is 0.457 e. The molecule has 4 rings (SSSR count). The molecule has 2 heterocycles. The Morgan fingerprint density at radius 3 is 2.58 bits per heavy atom. The maximum Gasteiger partial charge on any atom is 0.251 e. The third kappa shape index (κ3) is 4.23. The fourth-order valence-electron chi connectivity index (χ4n) is 4.07. The van der Waals surface area contributed by atoms with E-state index in [2.05, 4.69) is 21.5 Å². The Morgan fingerprint density at radius 2 is 1.90 bits per heavy atom. The number of hydrogen-bond donors (Lipinski definition) is 2. The molecule has 0 radical (unpaired) electrons. The van der Waals surface area contributed by atoms with Crippen molar-refractivity contribution >= 4 is 5.91 Å². The highest BCUT2D eigenvalue weighted by Crippen LogP contribution is 2.35. The molecular formula is C25H26N4O2. The predicted octanol–water partition coefficient (Wildman–Crippen LogP) is 4.88. The number of rotatable bonds is 8. The van der Waals surface area contributed by atoms with Crippen LogP contribution in [0.3, 0.4) is 0 Å². The van der Waals surface area contributed by atoms with Crippen molar-refractivity contribution in [3.8, 4) is 22.6 Å². The molecule has 1 amide bonds. The minimum absolute atomic E-state index is 0.420. The van der Waals surface area contributed by atoms with Gasteiger partial charge in [-0.3, -0.25) is 4.79 Å². The number of primary amides is 1. The zero-order valence-electron chi connectivity index (χ0n) is 17.8. The van der Waals surface area contributed by atoms with Crippen molar-refractivity contribution in [2.75, 3.05) is 0 Å². The second kappa shape index (κ2) is 8.92. The van der Waals surface area contributed by atoms with Crippen molar-refractivity contribution in [2.45, 2.75) is 33.2 Å². The molecule has 0 spiro atoms. The SMILES string of the molecule is CCc1c(-c2cccc(Oc3ccccc3)c2)c(C(N)=O)c(C)n1CCc1cnc[nH]1. The van der Waals surface area contributed by atoms with Gasteiger partial charge < -0.3 is 20.0 Å². The highest BCUT2D eigenvalue weighted by atomic mass is 16.5. The number of amides is 1. The molecule has 6 heteroatoms. The summed E-state index contributed by atoms with van der Waals surface area (Å²) >= 11 is 0. The van der Waals surface area contributed by atoms with Crippen LogP contribution in [0.15, 0.2) is 67.1 Å². The van der Waals surface area contributed by atoms with Gasteiger partial charge in [-0.25, -0.2) is 4.98 Å². The van der Waals surface area contributed by atoms with Crippen molar-refractivity contribution in [1.29, 1.82) is 0 Å². The Kier molecular flexibility index (Phi) is 5.89. The molecule has 0 aliphatic heterocycles. The minimum Gasteiger partial charge on any atom is -0.457 e. The molecule has 0 fully saturated rings. The second-order valence-electron chi connectivity index (χ2n) is 7.42. The van der Waals surface area contributed by atoms with Crippen molar-refractivity contribution in [1.82, 2.24) is 14.5 Å². The second-order valence-corrected chi connectivity index (χ2v) is 7.42. The normalized spacial score (nSPS) is 10.9. The van der Waals surface area contributed by atoms with Gasteiger partial charge in [-0.1, -0.05) is 37.3 Å². The zero-order valence-corrected chi connectivity index (χ0v) is 17.8. The summed E-state index contributed by atoms with van der Waals surface area (Å²) in [6, 6.07) is 17.5. The van der Waals surface area contributed by atoms with Crippen LogP contribution in [-0.4, -0.2) is 20.4 Å². The van der Waals surface area contributed by atoms with Crippen molar-refractivity contribution < 1.29 is 9.53 Å². The van der Waals surface area contributed by atoms with E-state index in [1.165, 1.54) is 0 Å². The number of nitrogens with one attached hydrogen (secondary N) is 1. The number of para-hydroxylation sites is 1. The van der Waals surface area contributed by atoms with Crippen LogP contribution in [0.4, 0.5) is 0 Å². The average molecular weight is 415 g/mol. The van der Waals surface area contributed by atoms with Gasteiger partial charge in [-0.05, 0) is 43.2 Å². The van der Waals surface area contributed by atoms with Gasteiger partial charge in [0.15, 0.2) is 0 Å². The number of aryl methyl sites for hydroxylation is 1. The number of nitrogens with two attached hydrogens (primary N) is 1. The molecule has 0 saturated heterocycles. The summed E-state index contributed by atoms with van der Waals surface area (Å²) in [6.45, 7) is 4.79. The number of imidazole rings is 1. The van der Waals surface area contributed by atoms with E-state index < -0.39 is 5.91 Å². The summed E-state index contributed by atoms with van der Waals surface area (Å²) in [7, 11) is 0. The molecule has 2 aromatic carbocycles. The van der Waals surface area contributed by atoms with Crippen molar-refractivity contribution in [3.63, 3.8) is 0 Å². The van der Waals surface area contributed by atoms with E-state index in [0.29, 0.717) is 11.3 Å². The lowest BCUT2D eigenvalue weighted by atomic mass is 9.98. The van der Waals surface area contributed by atoms with Gasteiger partial charge >= 0.3 is 0 Å². The van der Waals surface area contributed by atoms with E-state index in [1.54, 1.807) is 6.33 Å². The van der Waals surface area contributed by atoms with Crippen LogP contribution in [-0.2, 0) is 19.4 Å². The van der Waals surface area contributed by atoms with E-state index in [9.17, 15) is 4.79 Å². The Hall–Kier alpha value is -3.80. The molecule has 3 N–H and O–H groups in total. The molecule has 0 saturated carbocycles.